The molecule has 1 aromatic carbocycles. The Morgan fingerprint density at radius 1 is 1.20 bits per heavy atom. The van der Waals surface area contributed by atoms with E-state index in [4.69, 9.17) is 4.42 Å². The predicted molar refractivity (Wildman–Crippen MR) is 103 cm³/mol. The molecule has 1 atom stereocenters. The van der Waals surface area contributed by atoms with Gasteiger partial charge in [-0.2, -0.15) is 0 Å². The lowest BCUT2D eigenvalue weighted by Gasteiger charge is -2.24. The van der Waals surface area contributed by atoms with Gasteiger partial charge in [-0.3, -0.25) is 4.79 Å². The number of aryl methyl sites for hydroxylation is 2. The van der Waals surface area contributed by atoms with Gasteiger partial charge in [0, 0.05) is 11.4 Å². The van der Waals surface area contributed by atoms with Crippen molar-refractivity contribution >= 4 is 28.5 Å². The minimum absolute atomic E-state index is 0.178. The van der Waals surface area contributed by atoms with Gasteiger partial charge in [0.05, 0.1) is 5.57 Å². The van der Waals surface area contributed by atoms with Crippen LogP contribution in [0.5, 0.6) is 0 Å². The Hall–Kier alpha value is -2.47. The van der Waals surface area contributed by atoms with Crippen LogP contribution in [-0.4, -0.2) is 17.3 Å². The lowest BCUT2D eigenvalue weighted by atomic mass is 10.0. The molecular formula is C19H21N3O2S. The molecule has 0 spiro atoms. The summed E-state index contributed by atoms with van der Waals surface area (Å²) in [6.07, 6.45) is 1.95. The van der Waals surface area contributed by atoms with Gasteiger partial charge >= 0.3 is 0 Å². The van der Waals surface area contributed by atoms with Gasteiger partial charge in [-0.1, -0.05) is 30.0 Å². The Bertz CT molecular complexity index is 867. The van der Waals surface area contributed by atoms with Gasteiger partial charge in [-0.15, -0.1) is 0 Å². The third kappa shape index (κ3) is 3.64. The third-order valence-corrected chi connectivity index (χ3v) is 4.67. The molecule has 0 fully saturated rings. The van der Waals surface area contributed by atoms with Crippen LogP contribution in [-0.2, 0) is 4.79 Å². The van der Waals surface area contributed by atoms with Crippen LogP contribution >= 0.6 is 11.8 Å². The molecule has 25 heavy (non-hydrogen) atoms. The van der Waals surface area contributed by atoms with Crippen molar-refractivity contribution in [2.75, 3.05) is 11.6 Å². The molecular weight excluding hydrogens is 334 g/mol. The minimum atomic E-state index is -0.457. The van der Waals surface area contributed by atoms with Crippen LogP contribution in [0.3, 0.4) is 0 Å². The number of thioether (sulfide) groups is 1. The topological polar surface area (TPSA) is 66.6 Å². The number of hydrogen-bond donors (Lipinski definition) is 2. The van der Waals surface area contributed by atoms with Gasteiger partial charge < -0.3 is 15.1 Å². The number of furan rings is 1. The highest BCUT2D eigenvalue weighted by molar-refractivity contribution is 8.13. The molecule has 2 N–H and O–H groups in total. The SMILES string of the molecule is CSC1=N[C@@H](c2ccc(C)o2)C(C(=O)Nc2ccccc2C)=C(C)N1. The molecule has 6 heteroatoms. The molecule has 0 unspecified atom stereocenters. The van der Waals surface area contributed by atoms with E-state index in [2.05, 4.69) is 15.6 Å². The Morgan fingerprint density at radius 3 is 2.60 bits per heavy atom. The number of anilines is 1. The first-order valence-electron chi connectivity index (χ1n) is 8.02. The summed E-state index contributed by atoms with van der Waals surface area (Å²) in [5.74, 6) is 1.29. The van der Waals surface area contributed by atoms with Crippen molar-refractivity contribution in [2.45, 2.75) is 26.8 Å². The number of amides is 1. The van der Waals surface area contributed by atoms with Crippen molar-refractivity contribution in [2.24, 2.45) is 4.99 Å². The van der Waals surface area contributed by atoms with E-state index in [1.165, 1.54) is 11.8 Å². The van der Waals surface area contributed by atoms with Crippen molar-refractivity contribution in [1.29, 1.82) is 0 Å². The van der Waals surface area contributed by atoms with Crippen molar-refractivity contribution in [3.63, 3.8) is 0 Å². The molecule has 0 bridgehead atoms. The maximum absolute atomic E-state index is 13.0. The number of carbonyl (C=O) groups excluding carboxylic acids is 1. The van der Waals surface area contributed by atoms with Gasteiger partial charge in [0.1, 0.15) is 17.6 Å². The van der Waals surface area contributed by atoms with E-state index in [0.717, 1.165) is 27.9 Å². The first kappa shape index (κ1) is 17.4. The van der Waals surface area contributed by atoms with E-state index in [1.54, 1.807) is 0 Å². The van der Waals surface area contributed by atoms with Crippen LogP contribution in [0.1, 0.15) is 30.0 Å². The summed E-state index contributed by atoms with van der Waals surface area (Å²) in [5, 5.41) is 6.96. The number of nitrogens with one attached hydrogen (secondary N) is 2. The second-order valence-electron chi connectivity index (χ2n) is 5.92. The van der Waals surface area contributed by atoms with Crippen LogP contribution in [0, 0.1) is 13.8 Å². The monoisotopic (exact) mass is 355 g/mol. The van der Waals surface area contributed by atoms with Gasteiger partial charge in [0.2, 0.25) is 0 Å². The first-order chi connectivity index (χ1) is 12.0. The summed E-state index contributed by atoms with van der Waals surface area (Å²) in [5.41, 5.74) is 3.15. The van der Waals surface area contributed by atoms with Gasteiger partial charge in [0.15, 0.2) is 5.17 Å². The number of nitrogens with zero attached hydrogens (tertiary/aromatic N) is 1. The fourth-order valence-electron chi connectivity index (χ4n) is 2.75. The van der Waals surface area contributed by atoms with Gasteiger partial charge in [-0.25, -0.2) is 4.99 Å². The van der Waals surface area contributed by atoms with E-state index in [0.29, 0.717) is 11.3 Å². The largest absolute Gasteiger partial charge is 0.464 e. The molecule has 0 saturated carbocycles. The van der Waals surface area contributed by atoms with Crippen molar-refractivity contribution in [1.82, 2.24) is 5.32 Å². The van der Waals surface area contributed by atoms with Crippen LogP contribution < -0.4 is 10.6 Å². The van der Waals surface area contributed by atoms with E-state index in [9.17, 15) is 4.79 Å². The van der Waals surface area contributed by atoms with Crippen molar-refractivity contribution in [3.8, 4) is 0 Å². The molecule has 1 aliphatic heterocycles. The van der Waals surface area contributed by atoms with E-state index in [-0.39, 0.29) is 5.91 Å². The standard InChI is InChI=1S/C19H21N3O2S/c1-11-7-5-6-8-14(11)21-18(23)16-13(3)20-19(25-4)22-17(16)15-10-9-12(2)24-15/h5-10,17H,1-4H3,(H,20,22)(H,21,23)/t17-/m0/s1. The van der Waals surface area contributed by atoms with Crippen LogP contribution in [0.25, 0.3) is 0 Å². The zero-order valence-corrected chi connectivity index (χ0v) is 15.5. The highest BCUT2D eigenvalue weighted by atomic mass is 32.2. The van der Waals surface area contributed by atoms with Crippen LogP contribution in [0.4, 0.5) is 5.69 Å². The molecule has 2 heterocycles. The zero-order chi connectivity index (χ0) is 18.0. The zero-order valence-electron chi connectivity index (χ0n) is 14.7. The molecule has 5 nitrogen and oxygen atoms in total. The average molecular weight is 355 g/mol. The van der Waals surface area contributed by atoms with E-state index < -0.39 is 6.04 Å². The molecule has 1 amide bonds. The quantitative estimate of drug-likeness (QED) is 0.867. The lowest BCUT2D eigenvalue weighted by Crippen LogP contribution is -2.31. The van der Waals surface area contributed by atoms with Gasteiger partial charge in [-0.05, 0) is 50.8 Å². The van der Waals surface area contributed by atoms with Crippen molar-refractivity contribution in [3.05, 3.63) is 64.8 Å². The molecule has 2 aromatic rings. The summed E-state index contributed by atoms with van der Waals surface area (Å²) < 4.78 is 5.76. The molecule has 0 aliphatic carbocycles. The summed E-state index contributed by atoms with van der Waals surface area (Å²) in [4.78, 5) is 17.6. The molecule has 0 saturated heterocycles. The fourth-order valence-corrected chi connectivity index (χ4v) is 3.22. The number of carbonyl (C=O) groups is 1. The summed E-state index contributed by atoms with van der Waals surface area (Å²) >= 11 is 1.51. The predicted octanol–water partition coefficient (Wildman–Crippen LogP) is 4.17. The molecule has 3 rings (SSSR count). The number of allylic oxidation sites excluding steroid dienone is 1. The highest BCUT2D eigenvalue weighted by Crippen LogP contribution is 2.33. The second-order valence-corrected chi connectivity index (χ2v) is 6.72. The Labute approximate surface area is 151 Å². The number of hydrogen-bond acceptors (Lipinski definition) is 5. The average Bonchev–Trinajstić information content (AvgIpc) is 3.02. The van der Waals surface area contributed by atoms with E-state index in [1.807, 2.05) is 63.4 Å². The number of rotatable bonds is 3. The summed E-state index contributed by atoms with van der Waals surface area (Å²) in [6.45, 7) is 5.74. The molecule has 0 radical (unpaired) electrons. The van der Waals surface area contributed by atoms with Crippen LogP contribution in [0.2, 0.25) is 0 Å². The summed E-state index contributed by atoms with van der Waals surface area (Å²) in [6, 6.07) is 11.0. The minimum Gasteiger partial charge on any atom is -0.464 e. The fraction of sp³-hybridized carbons (Fsp3) is 0.263. The number of para-hydroxylation sites is 1. The Kier molecular flexibility index (Phi) is 4.99. The van der Waals surface area contributed by atoms with Crippen LogP contribution in [0.15, 0.2) is 57.1 Å². The number of benzene rings is 1. The first-order valence-corrected chi connectivity index (χ1v) is 9.25. The summed E-state index contributed by atoms with van der Waals surface area (Å²) in [7, 11) is 0. The highest BCUT2D eigenvalue weighted by Gasteiger charge is 2.31. The normalized spacial score (nSPS) is 17.1. The maximum atomic E-state index is 13.0. The lowest BCUT2D eigenvalue weighted by molar-refractivity contribution is -0.113. The molecule has 1 aliphatic rings. The number of amidine groups is 1. The van der Waals surface area contributed by atoms with Crippen molar-refractivity contribution < 1.29 is 9.21 Å². The van der Waals surface area contributed by atoms with Gasteiger partial charge in [0.25, 0.3) is 5.91 Å². The second kappa shape index (κ2) is 7.19. The smallest absolute Gasteiger partial charge is 0.256 e. The Morgan fingerprint density at radius 2 is 1.96 bits per heavy atom. The number of aliphatic imine (C=N–C) groups is 1. The molecule has 130 valence electrons. The maximum Gasteiger partial charge on any atom is 0.256 e. The molecule has 1 aromatic heterocycles. The third-order valence-electron chi connectivity index (χ3n) is 4.08. The Balaban J connectivity index is 1.96. The van der Waals surface area contributed by atoms with E-state index >= 15 is 0 Å².